The van der Waals surface area contributed by atoms with E-state index in [-0.39, 0.29) is 0 Å². The first kappa shape index (κ1) is 17.9. The van der Waals surface area contributed by atoms with Crippen molar-refractivity contribution in [1.82, 2.24) is 4.72 Å². The Balaban J connectivity index is 1.92. The molecule has 1 aromatic heterocycles. The predicted molar refractivity (Wildman–Crippen MR) is 92.5 cm³/mol. The van der Waals surface area contributed by atoms with Crippen LogP contribution in [0.3, 0.4) is 0 Å². The highest BCUT2D eigenvalue weighted by Crippen LogP contribution is 2.25. The number of hydrogen-bond acceptors (Lipinski definition) is 5. The molecule has 0 aliphatic heterocycles. The summed E-state index contributed by atoms with van der Waals surface area (Å²) in [4.78, 5) is 0.298. The summed E-state index contributed by atoms with van der Waals surface area (Å²) in [6.45, 7) is 3.97. The third kappa shape index (κ3) is 4.76. The van der Waals surface area contributed by atoms with Crippen LogP contribution in [0.4, 0.5) is 0 Å². The van der Waals surface area contributed by atoms with Gasteiger partial charge in [0.25, 0.3) is 0 Å². The molecule has 1 heterocycles. The van der Waals surface area contributed by atoms with Crippen LogP contribution in [0.25, 0.3) is 0 Å². The van der Waals surface area contributed by atoms with Gasteiger partial charge in [-0.3, -0.25) is 0 Å². The third-order valence-corrected chi connectivity index (χ3v) is 5.93. The minimum absolute atomic E-state index is 0.298. The van der Waals surface area contributed by atoms with Crippen molar-refractivity contribution >= 4 is 21.8 Å². The van der Waals surface area contributed by atoms with Gasteiger partial charge in [0.2, 0.25) is 10.0 Å². The van der Waals surface area contributed by atoms with E-state index in [2.05, 4.69) is 4.72 Å². The number of benzene rings is 1. The quantitative estimate of drug-likeness (QED) is 0.737. The highest BCUT2D eigenvalue weighted by atomic mass is 32.2. The topological polar surface area (TPSA) is 68.5 Å². The number of nitrogens with one attached hydrogen (secondary N) is 1. The van der Waals surface area contributed by atoms with Crippen molar-refractivity contribution in [2.75, 3.05) is 19.4 Å². The van der Waals surface area contributed by atoms with Crippen LogP contribution in [-0.4, -0.2) is 27.8 Å². The second-order valence-corrected chi connectivity index (χ2v) is 7.96. The molecule has 0 saturated carbocycles. The summed E-state index contributed by atoms with van der Waals surface area (Å²) in [5, 5.41) is 0. The van der Waals surface area contributed by atoms with Gasteiger partial charge >= 0.3 is 0 Å². The van der Waals surface area contributed by atoms with Crippen molar-refractivity contribution in [3.05, 3.63) is 47.4 Å². The highest BCUT2D eigenvalue weighted by Gasteiger charge is 2.18. The Labute approximate surface area is 141 Å². The van der Waals surface area contributed by atoms with E-state index in [0.717, 1.165) is 17.1 Å². The van der Waals surface area contributed by atoms with Crippen LogP contribution in [0.1, 0.15) is 16.9 Å². The molecular weight excluding hydrogens is 334 g/mol. The molecule has 0 aliphatic rings. The molecule has 0 amide bonds. The van der Waals surface area contributed by atoms with Gasteiger partial charge in [0.05, 0.1) is 24.0 Å². The molecule has 0 atom stereocenters. The van der Waals surface area contributed by atoms with E-state index in [1.807, 2.05) is 19.1 Å². The summed E-state index contributed by atoms with van der Waals surface area (Å²) in [7, 11) is -1.94. The van der Waals surface area contributed by atoms with Gasteiger partial charge < -0.3 is 9.15 Å². The maximum absolute atomic E-state index is 12.4. The van der Waals surface area contributed by atoms with Gasteiger partial charge in [-0.05, 0) is 49.2 Å². The normalized spacial score (nSPS) is 11.6. The Bertz CT molecular complexity index is 740. The molecule has 0 spiro atoms. The fourth-order valence-corrected chi connectivity index (χ4v) is 4.39. The first-order valence-electron chi connectivity index (χ1n) is 7.19. The summed E-state index contributed by atoms with van der Waals surface area (Å²) in [5.74, 6) is 2.98. The molecule has 2 aromatic rings. The molecule has 0 unspecified atom stereocenters. The van der Waals surface area contributed by atoms with Gasteiger partial charge in [-0.25, -0.2) is 13.1 Å². The minimum atomic E-state index is -3.52. The number of rotatable bonds is 8. The van der Waals surface area contributed by atoms with Crippen LogP contribution < -0.4 is 9.46 Å². The molecule has 126 valence electrons. The van der Waals surface area contributed by atoms with E-state index >= 15 is 0 Å². The first-order valence-corrected chi connectivity index (χ1v) is 9.83. The lowest BCUT2D eigenvalue weighted by atomic mass is 10.1. The molecule has 5 nitrogen and oxygen atoms in total. The lowest BCUT2D eigenvalue weighted by molar-refractivity contribution is 0.411. The fourth-order valence-electron chi connectivity index (χ4n) is 2.17. The molecule has 0 radical (unpaired) electrons. The Kier molecular flexibility index (Phi) is 6.15. The second-order valence-electron chi connectivity index (χ2n) is 5.12. The standard InChI is InChI=1S/C16H21NO4S2/c1-12-10-16(13(2)9-15(12)20-3)23(18,19)17-6-8-22-11-14-5-4-7-21-14/h4-5,7,9-10,17H,6,8,11H2,1-3H3. The van der Waals surface area contributed by atoms with Gasteiger partial charge in [-0.15, -0.1) is 0 Å². The molecule has 1 aromatic carbocycles. The molecular formula is C16H21NO4S2. The highest BCUT2D eigenvalue weighted by molar-refractivity contribution is 7.98. The minimum Gasteiger partial charge on any atom is -0.496 e. The summed E-state index contributed by atoms with van der Waals surface area (Å²) in [5.41, 5.74) is 1.47. The van der Waals surface area contributed by atoms with Gasteiger partial charge in [0, 0.05) is 12.3 Å². The molecule has 0 fully saturated rings. The van der Waals surface area contributed by atoms with Gasteiger partial charge in [-0.2, -0.15) is 11.8 Å². The van der Waals surface area contributed by atoms with Crippen LogP contribution in [0.2, 0.25) is 0 Å². The van der Waals surface area contributed by atoms with Crippen LogP contribution >= 0.6 is 11.8 Å². The monoisotopic (exact) mass is 355 g/mol. The van der Waals surface area contributed by atoms with Crippen molar-refractivity contribution in [3.8, 4) is 5.75 Å². The summed E-state index contributed by atoms with van der Waals surface area (Å²) in [6, 6.07) is 7.14. The van der Waals surface area contributed by atoms with Gasteiger partial charge in [0.1, 0.15) is 11.5 Å². The number of methoxy groups -OCH3 is 1. The lowest BCUT2D eigenvalue weighted by Crippen LogP contribution is -2.26. The molecule has 0 bridgehead atoms. The van der Waals surface area contributed by atoms with Crippen molar-refractivity contribution < 1.29 is 17.6 Å². The zero-order chi connectivity index (χ0) is 16.9. The summed E-state index contributed by atoms with van der Waals surface area (Å²) >= 11 is 1.62. The van der Waals surface area contributed by atoms with E-state index in [0.29, 0.717) is 28.5 Å². The van der Waals surface area contributed by atoms with Crippen molar-refractivity contribution in [1.29, 1.82) is 0 Å². The molecule has 1 N–H and O–H groups in total. The molecule has 2 rings (SSSR count). The van der Waals surface area contributed by atoms with Crippen molar-refractivity contribution in [2.24, 2.45) is 0 Å². The van der Waals surface area contributed by atoms with Crippen LogP contribution in [0.15, 0.2) is 39.8 Å². The summed E-state index contributed by atoms with van der Waals surface area (Å²) in [6.07, 6.45) is 1.63. The molecule has 23 heavy (non-hydrogen) atoms. The smallest absolute Gasteiger partial charge is 0.240 e. The zero-order valence-electron chi connectivity index (χ0n) is 13.5. The van der Waals surface area contributed by atoms with Crippen molar-refractivity contribution in [2.45, 2.75) is 24.5 Å². The SMILES string of the molecule is COc1cc(C)c(S(=O)(=O)NCCSCc2ccco2)cc1C. The number of sulfonamides is 1. The Morgan fingerprint density at radius 1 is 1.26 bits per heavy atom. The number of aryl methyl sites for hydroxylation is 2. The van der Waals surface area contributed by atoms with Gasteiger partial charge in [-0.1, -0.05) is 0 Å². The third-order valence-electron chi connectivity index (χ3n) is 3.34. The maximum atomic E-state index is 12.4. The van der Waals surface area contributed by atoms with E-state index in [4.69, 9.17) is 9.15 Å². The van der Waals surface area contributed by atoms with E-state index in [1.54, 1.807) is 44.2 Å². The fraction of sp³-hybridized carbons (Fsp3) is 0.375. The van der Waals surface area contributed by atoms with E-state index < -0.39 is 10.0 Å². The largest absolute Gasteiger partial charge is 0.496 e. The van der Waals surface area contributed by atoms with E-state index in [1.165, 1.54) is 0 Å². The number of ether oxygens (including phenoxy) is 1. The maximum Gasteiger partial charge on any atom is 0.240 e. The lowest BCUT2D eigenvalue weighted by Gasteiger charge is -2.12. The Morgan fingerprint density at radius 2 is 2.04 bits per heavy atom. The molecule has 0 aliphatic carbocycles. The second kappa shape index (κ2) is 7.90. The molecule has 0 saturated heterocycles. The zero-order valence-corrected chi connectivity index (χ0v) is 15.1. The van der Waals surface area contributed by atoms with E-state index in [9.17, 15) is 8.42 Å². The Hall–Kier alpha value is -1.44. The average Bonchev–Trinajstić information content (AvgIpc) is 3.02. The van der Waals surface area contributed by atoms with Crippen LogP contribution in [0, 0.1) is 13.8 Å². The average molecular weight is 355 g/mol. The van der Waals surface area contributed by atoms with Crippen LogP contribution in [-0.2, 0) is 15.8 Å². The Morgan fingerprint density at radius 3 is 2.70 bits per heavy atom. The summed E-state index contributed by atoms with van der Waals surface area (Å²) < 4.78 is 37.9. The number of hydrogen-bond donors (Lipinski definition) is 1. The first-order chi connectivity index (χ1) is 10.9. The number of furan rings is 1. The predicted octanol–water partition coefficient (Wildman–Crippen LogP) is 3.12. The molecule has 7 heteroatoms. The van der Waals surface area contributed by atoms with Crippen LogP contribution in [0.5, 0.6) is 5.75 Å². The van der Waals surface area contributed by atoms with Crippen molar-refractivity contribution in [3.63, 3.8) is 0 Å². The van der Waals surface area contributed by atoms with Gasteiger partial charge in [0.15, 0.2) is 0 Å². The number of thioether (sulfide) groups is 1.